The van der Waals surface area contributed by atoms with Crippen LogP contribution in [0.25, 0.3) is 27.9 Å². The lowest BCUT2D eigenvalue weighted by Crippen LogP contribution is -2.54. The van der Waals surface area contributed by atoms with E-state index in [0.29, 0.717) is 22.9 Å². The van der Waals surface area contributed by atoms with Gasteiger partial charge in [-0.15, -0.1) is 0 Å². The van der Waals surface area contributed by atoms with Gasteiger partial charge in [-0.1, -0.05) is 11.6 Å². The lowest BCUT2D eigenvalue weighted by atomic mass is 10.1. The second-order valence-electron chi connectivity index (χ2n) is 8.00. The Kier molecular flexibility index (Phi) is 4.41. The average molecular weight is 407 g/mol. The summed E-state index contributed by atoms with van der Waals surface area (Å²) in [5.74, 6) is 0.657. The molecule has 4 heterocycles. The first kappa shape index (κ1) is 18.3. The van der Waals surface area contributed by atoms with E-state index in [1.807, 2.05) is 36.0 Å². The predicted octanol–water partition coefficient (Wildman–Crippen LogP) is 4.09. The third kappa shape index (κ3) is 3.43. The zero-order chi connectivity index (χ0) is 20.1. The first-order valence-corrected chi connectivity index (χ1v) is 10.3. The van der Waals surface area contributed by atoms with Gasteiger partial charge in [0, 0.05) is 60.4 Å². The maximum atomic E-state index is 6.42. The molecular weight excluding hydrogens is 384 g/mol. The summed E-state index contributed by atoms with van der Waals surface area (Å²) in [7, 11) is 0. The van der Waals surface area contributed by atoms with Gasteiger partial charge in [-0.05, 0) is 45.0 Å². The Morgan fingerprint density at radius 1 is 1.07 bits per heavy atom. The number of rotatable bonds is 2. The molecule has 29 heavy (non-hydrogen) atoms. The van der Waals surface area contributed by atoms with Crippen LogP contribution in [0, 0.1) is 6.92 Å². The Morgan fingerprint density at radius 2 is 1.86 bits per heavy atom. The first-order valence-electron chi connectivity index (χ1n) is 9.89. The summed E-state index contributed by atoms with van der Waals surface area (Å²) in [5.41, 5.74) is 4.68. The fourth-order valence-corrected chi connectivity index (χ4v) is 4.45. The van der Waals surface area contributed by atoms with E-state index in [-0.39, 0.29) is 0 Å². The molecule has 0 radical (unpaired) electrons. The Balaban J connectivity index is 1.51. The van der Waals surface area contributed by atoms with E-state index in [1.165, 1.54) is 5.69 Å². The second-order valence-corrected chi connectivity index (χ2v) is 8.41. The van der Waals surface area contributed by atoms with Gasteiger partial charge in [0.1, 0.15) is 0 Å². The highest BCUT2D eigenvalue weighted by molar-refractivity contribution is 6.33. The van der Waals surface area contributed by atoms with E-state index in [0.717, 1.165) is 40.9 Å². The molecule has 1 N–H and O–H groups in total. The van der Waals surface area contributed by atoms with Crippen LogP contribution in [0.15, 0.2) is 42.9 Å². The summed E-state index contributed by atoms with van der Waals surface area (Å²) in [6, 6.07) is 9.23. The van der Waals surface area contributed by atoms with Gasteiger partial charge in [-0.2, -0.15) is 0 Å². The lowest BCUT2D eigenvalue weighted by molar-refractivity contribution is 0.407. The van der Waals surface area contributed by atoms with Crippen molar-refractivity contribution in [2.75, 3.05) is 18.0 Å². The second kappa shape index (κ2) is 6.97. The van der Waals surface area contributed by atoms with Crippen molar-refractivity contribution in [3.05, 3.63) is 53.6 Å². The third-order valence-corrected chi connectivity index (χ3v) is 5.65. The molecule has 0 aliphatic carbocycles. The van der Waals surface area contributed by atoms with Crippen LogP contribution >= 0.6 is 11.6 Å². The fourth-order valence-electron chi connectivity index (χ4n) is 4.20. The average Bonchev–Trinajstić information content (AvgIpc) is 3.07. The molecule has 4 aromatic rings. The molecule has 0 bridgehead atoms. The van der Waals surface area contributed by atoms with Gasteiger partial charge in [0.05, 0.1) is 16.2 Å². The van der Waals surface area contributed by atoms with Gasteiger partial charge in [-0.25, -0.2) is 15.0 Å². The number of imidazole rings is 1. The first-order chi connectivity index (χ1) is 14.0. The maximum Gasteiger partial charge on any atom is 0.161 e. The Bertz CT molecular complexity index is 1210. The molecule has 0 unspecified atom stereocenters. The van der Waals surface area contributed by atoms with Crippen LogP contribution in [0.1, 0.15) is 19.5 Å². The van der Waals surface area contributed by atoms with E-state index in [9.17, 15) is 0 Å². The van der Waals surface area contributed by atoms with Crippen molar-refractivity contribution >= 4 is 33.8 Å². The monoisotopic (exact) mass is 406 g/mol. The molecule has 1 fully saturated rings. The van der Waals surface area contributed by atoms with Crippen molar-refractivity contribution in [3.8, 4) is 11.4 Å². The number of piperazine rings is 1. The molecule has 3 aromatic heterocycles. The van der Waals surface area contributed by atoms with Crippen LogP contribution in [0.2, 0.25) is 5.02 Å². The van der Waals surface area contributed by atoms with E-state index in [1.54, 1.807) is 0 Å². The van der Waals surface area contributed by atoms with Gasteiger partial charge < -0.3 is 14.6 Å². The van der Waals surface area contributed by atoms with Crippen LogP contribution < -0.4 is 10.2 Å². The van der Waals surface area contributed by atoms with Crippen molar-refractivity contribution in [3.63, 3.8) is 0 Å². The molecule has 6 nitrogen and oxygen atoms in total. The molecule has 1 aliphatic heterocycles. The lowest BCUT2D eigenvalue weighted by Gasteiger charge is -2.37. The smallest absolute Gasteiger partial charge is 0.161 e. The summed E-state index contributed by atoms with van der Waals surface area (Å²) >= 11 is 6.42. The van der Waals surface area contributed by atoms with E-state index >= 15 is 0 Å². The number of benzene rings is 1. The Hall–Kier alpha value is -2.70. The van der Waals surface area contributed by atoms with Crippen molar-refractivity contribution in [2.24, 2.45) is 0 Å². The highest BCUT2D eigenvalue weighted by Gasteiger charge is 2.21. The molecule has 1 saturated heterocycles. The predicted molar refractivity (Wildman–Crippen MR) is 118 cm³/mol. The highest BCUT2D eigenvalue weighted by atomic mass is 35.5. The molecule has 0 spiro atoms. The van der Waals surface area contributed by atoms with Crippen LogP contribution in [0.4, 0.5) is 5.69 Å². The summed E-state index contributed by atoms with van der Waals surface area (Å²) in [5, 5.41) is 5.21. The van der Waals surface area contributed by atoms with Gasteiger partial charge in [0.2, 0.25) is 0 Å². The number of pyridine rings is 1. The zero-order valence-corrected chi connectivity index (χ0v) is 17.5. The minimum Gasteiger partial charge on any atom is -0.368 e. The summed E-state index contributed by atoms with van der Waals surface area (Å²) in [6.07, 6.45) is 5.82. The number of hydrogen-bond donors (Lipinski definition) is 1. The minimum absolute atomic E-state index is 0.472. The van der Waals surface area contributed by atoms with E-state index in [2.05, 4.69) is 52.2 Å². The van der Waals surface area contributed by atoms with Crippen LogP contribution in [-0.4, -0.2) is 44.5 Å². The molecule has 0 saturated carbocycles. The summed E-state index contributed by atoms with van der Waals surface area (Å²) in [4.78, 5) is 16.3. The Labute approximate surface area is 174 Å². The topological polar surface area (TPSA) is 58.4 Å². The number of anilines is 1. The number of nitrogens with zero attached hydrogens (tertiary/aromatic N) is 5. The molecule has 0 amide bonds. The van der Waals surface area contributed by atoms with Crippen molar-refractivity contribution in [1.82, 2.24) is 24.7 Å². The van der Waals surface area contributed by atoms with Crippen LogP contribution in [0.3, 0.4) is 0 Å². The highest BCUT2D eigenvalue weighted by Crippen LogP contribution is 2.27. The van der Waals surface area contributed by atoms with Gasteiger partial charge in [0.25, 0.3) is 0 Å². The zero-order valence-electron chi connectivity index (χ0n) is 16.7. The quantitative estimate of drug-likeness (QED) is 0.543. The standard InChI is InChI=1S/C22H23ClN6/c1-13-9-28(10-14(2)25-13)18-4-5-20-16(6-18)8-24-21(27-20)17-7-19(23)22-26-15(3)11-29(22)12-17/h4-8,11-14,25H,9-10H2,1-3H3/t13-,14+. The van der Waals surface area contributed by atoms with Crippen molar-refractivity contribution in [2.45, 2.75) is 32.9 Å². The fraction of sp³-hybridized carbons (Fsp3) is 0.318. The van der Waals surface area contributed by atoms with Gasteiger partial charge in [0.15, 0.2) is 11.5 Å². The SMILES string of the molecule is Cc1cn2cc(-c3ncc4cc(N5C[C@@H](C)N[C@@H](C)C5)ccc4n3)cc(Cl)c2n1. The largest absolute Gasteiger partial charge is 0.368 e. The molecule has 7 heteroatoms. The normalized spacial score (nSPS) is 19.9. The number of aryl methyl sites for hydroxylation is 1. The summed E-state index contributed by atoms with van der Waals surface area (Å²) < 4.78 is 1.93. The van der Waals surface area contributed by atoms with Gasteiger partial charge >= 0.3 is 0 Å². The van der Waals surface area contributed by atoms with Gasteiger partial charge in [-0.3, -0.25) is 0 Å². The summed E-state index contributed by atoms with van der Waals surface area (Å²) in [6.45, 7) is 8.40. The molecule has 1 aliphatic rings. The minimum atomic E-state index is 0.472. The molecule has 148 valence electrons. The number of fused-ring (bicyclic) bond motifs is 2. The number of nitrogens with one attached hydrogen (secondary N) is 1. The number of aromatic nitrogens is 4. The van der Waals surface area contributed by atoms with Crippen LogP contribution in [-0.2, 0) is 0 Å². The van der Waals surface area contributed by atoms with Crippen LogP contribution in [0.5, 0.6) is 0 Å². The molecule has 5 rings (SSSR count). The Morgan fingerprint density at radius 3 is 2.66 bits per heavy atom. The van der Waals surface area contributed by atoms with Crippen molar-refractivity contribution in [1.29, 1.82) is 0 Å². The number of halogens is 1. The molecule has 2 atom stereocenters. The van der Waals surface area contributed by atoms with E-state index < -0.39 is 0 Å². The number of hydrogen-bond acceptors (Lipinski definition) is 5. The maximum absolute atomic E-state index is 6.42. The van der Waals surface area contributed by atoms with Crippen molar-refractivity contribution < 1.29 is 0 Å². The third-order valence-electron chi connectivity index (χ3n) is 5.37. The molecular formula is C22H23ClN6. The molecule has 1 aromatic carbocycles. The van der Waals surface area contributed by atoms with E-state index in [4.69, 9.17) is 16.6 Å².